The molecule has 1 heterocycles. The second-order valence-electron chi connectivity index (χ2n) is 8.10. The number of rotatable bonds is 6. The van der Waals surface area contributed by atoms with Crippen LogP contribution in [0.4, 0.5) is 0 Å². The van der Waals surface area contributed by atoms with Gasteiger partial charge < -0.3 is 20.3 Å². The number of nitrogens with zero attached hydrogens (tertiary/aromatic N) is 2. The largest absolute Gasteiger partial charge is 0.490 e. The molecule has 0 unspecified atom stereocenters. The van der Waals surface area contributed by atoms with Gasteiger partial charge in [-0.25, -0.2) is 0 Å². The molecule has 3 rings (SSSR count). The monoisotopic (exact) mass is 386 g/mol. The maximum absolute atomic E-state index is 12.1. The Hall–Kier alpha value is -2.24. The van der Waals surface area contributed by atoms with E-state index in [0.717, 1.165) is 56.0 Å². The number of benzene rings is 1. The summed E-state index contributed by atoms with van der Waals surface area (Å²) < 4.78 is 6.11. The van der Waals surface area contributed by atoms with Crippen LogP contribution in [0.15, 0.2) is 29.3 Å². The number of carbonyl (C=O) groups is 1. The van der Waals surface area contributed by atoms with Gasteiger partial charge in [-0.1, -0.05) is 32.0 Å². The average molecular weight is 387 g/mol. The number of aliphatic imine (C=N–C) groups is 1. The summed E-state index contributed by atoms with van der Waals surface area (Å²) in [6.45, 7) is 6.22. The van der Waals surface area contributed by atoms with Crippen molar-refractivity contribution in [2.45, 2.75) is 64.6 Å². The van der Waals surface area contributed by atoms with Crippen molar-refractivity contribution in [1.29, 1.82) is 0 Å². The van der Waals surface area contributed by atoms with Gasteiger partial charge in [0.1, 0.15) is 5.75 Å². The van der Waals surface area contributed by atoms with Crippen molar-refractivity contribution in [3.8, 4) is 5.75 Å². The van der Waals surface area contributed by atoms with Crippen LogP contribution in [-0.4, -0.2) is 49.0 Å². The maximum atomic E-state index is 12.1. The molecule has 6 heteroatoms. The number of amides is 1. The molecule has 1 amide bonds. The Morgan fingerprint density at radius 3 is 2.54 bits per heavy atom. The van der Waals surface area contributed by atoms with E-state index in [1.807, 2.05) is 36.9 Å². The van der Waals surface area contributed by atoms with Crippen LogP contribution in [0, 0.1) is 5.92 Å². The van der Waals surface area contributed by atoms with Gasteiger partial charge in [0.05, 0.1) is 6.10 Å². The van der Waals surface area contributed by atoms with Gasteiger partial charge in [-0.3, -0.25) is 9.79 Å². The number of hydrogen-bond acceptors (Lipinski definition) is 3. The molecule has 28 heavy (non-hydrogen) atoms. The molecule has 1 aliphatic carbocycles. The molecule has 154 valence electrons. The van der Waals surface area contributed by atoms with Crippen LogP contribution >= 0.6 is 0 Å². The molecule has 2 aliphatic rings. The zero-order valence-electron chi connectivity index (χ0n) is 17.4. The number of likely N-dealkylation sites (tertiary alicyclic amines) is 1. The highest BCUT2D eigenvalue weighted by Crippen LogP contribution is 2.27. The molecule has 1 aromatic carbocycles. The number of nitrogens with one attached hydrogen (secondary N) is 2. The molecular formula is C22H34N4O2. The maximum Gasteiger partial charge on any atom is 0.225 e. The minimum Gasteiger partial charge on any atom is -0.490 e. The highest BCUT2D eigenvalue weighted by Gasteiger charge is 2.25. The Kier molecular flexibility index (Phi) is 7.18. The van der Waals surface area contributed by atoms with E-state index in [1.54, 1.807) is 7.05 Å². The summed E-state index contributed by atoms with van der Waals surface area (Å²) in [5, 5.41) is 6.92. The molecule has 0 radical (unpaired) electrons. The number of para-hydroxylation sites is 1. The van der Waals surface area contributed by atoms with Crippen molar-refractivity contribution < 1.29 is 9.53 Å². The predicted octanol–water partition coefficient (Wildman–Crippen LogP) is 2.93. The Morgan fingerprint density at radius 2 is 1.93 bits per heavy atom. The van der Waals surface area contributed by atoms with E-state index in [1.165, 1.54) is 6.42 Å². The fourth-order valence-electron chi connectivity index (χ4n) is 3.61. The minimum absolute atomic E-state index is 0.0705. The fourth-order valence-corrected chi connectivity index (χ4v) is 3.61. The van der Waals surface area contributed by atoms with Gasteiger partial charge in [0.2, 0.25) is 5.91 Å². The smallest absolute Gasteiger partial charge is 0.225 e. The van der Waals surface area contributed by atoms with Crippen molar-refractivity contribution in [3.05, 3.63) is 29.8 Å². The summed E-state index contributed by atoms with van der Waals surface area (Å²) in [4.78, 5) is 18.5. The molecule has 2 N–H and O–H groups in total. The number of guanidine groups is 1. The van der Waals surface area contributed by atoms with Crippen LogP contribution in [0.5, 0.6) is 5.75 Å². The Bertz CT molecular complexity index is 677. The minimum atomic E-state index is 0.0705. The van der Waals surface area contributed by atoms with E-state index in [2.05, 4.69) is 21.7 Å². The van der Waals surface area contributed by atoms with Gasteiger partial charge in [0.25, 0.3) is 0 Å². The molecular weight excluding hydrogens is 352 g/mol. The zero-order chi connectivity index (χ0) is 19.9. The Balaban J connectivity index is 1.47. The van der Waals surface area contributed by atoms with Crippen molar-refractivity contribution in [2.75, 3.05) is 20.1 Å². The molecule has 0 spiro atoms. The third kappa shape index (κ3) is 5.40. The Labute approximate surface area is 168 Å². The summed E-state index contributed by atoms with van der Waals surface area (Å²) in [7, 11) is 1.80. The van der Waals surface area contributed by atoms with Crippen molar-refractivity contribution in [1.82, 2.24) is 15.5 Å². The third-order valence-electron chi connectivity index (χ3n) is 5.63. The van der Waals surface area contributed by atoms with Crippen LogP contribution in [-0.2, 0) is 11.3 Å². The second kappa shape index (κ2) is 9.80. The third-order valence-corrected chi connectivity index (χ3v) is 5.63. The van der Waals surface area contributed by atoms with Crippen LogP contribution < -0.4 is 15.4 Å². The molecule has 1 aliphatic heterocycles. The summed E-state index contributed by atoms with van der Waals surface area (Å²) in [5.41, 5.74) is 1.15. The first-order valence-electron chi connectivity index (χ1n) is 10.6. The normalized spacial score (nSPS) is 18.7. The van der Waals surface area contributed by atoms with E-state index in [9.17, 15) is 4.79 Å². The van der Waals surface area contributed by atoms with Gasteiger partial charge in [0, 0.05) is 44.2 Å². The van der Waals surface area contributed by atoms with Crippen molar-refractivity contribution >= 4 is 11.9 Å². The number of hydrogen-bond donors (Lipinski definition) is 2. The summed E-state index contributed by atoms with van der Waals surface area (Å²) in [5.74, 6) is 2.09. The van der Waals surface area contributed by atoms with Gasteiger partial charge in [-0.2, -0.15) is 0 Å². The molecule has 1 saturated heterocycles. The highest BCUT2D eigenvalue weighted by molar-refractivity contribution is 5.80. The first-order valence-corrected chi connectivity index (χ1v) is 10.6. The van der Waals surface area contributed by atoms with E-state index < -0.39 is 0 Å². The van der Waals surface area contributed by atoms with E-state index in [-0.39, 0.29) is 11.8 Å². The van der Waals surface area contributed by atoms with Crippen molar-refractivity contribution in [3.63, 3.8) is 0 Å². The lowest BCUT2D eigenvalue weighted by Gasteiger charge is -2.34. The quantitative estimate of drug-likeness (QED) is 0.583. The Morgan fingerprint density at radius 1 is 1.21 bits per heavy atom. The van der Waals surface area contributed by atoms with Gasteiger partial charge in [-0.05, 0) is 38.2 Å². The topological polar surface area (TPSA) is 66.0 Å². The molecule has 0 bridgehead atoms. The lowest BCUT2D eigenvalue weighted by molar-refractivity contribution is -0.135. The average Bonchev–Trinajstić information content (AvgIpc) is 2.68. The van der Waals surface area contributed by atoms with E-state index in [4.69, 9.17) is 4.74 Å². The predicted molar refractivity (Wildman–Crippen MR) is 112 cm³/mol. The van der Waals surface area contributed by atoms with Crippen LogP contribution in [0.25, 0.3) is 0 Å². The summed E-state index contributed by atoms with van der Waals surface area (Å²) >= 11 is 0. The van der Waals surface area contributed by atoms with E-state index in [0.29, 0.717) is 18.7 Å². The van der Waals surface area contributed by atoms with Gasteiger partial charge in [0.15, 0.2) is 5.96 Å². The fraction of sp³-hybridized carbons (Fsp3) is 0.636. The molecule has 6 nitrogen and oxygen atoms in total. The number of carbonyl (C=O) groups excluding carboxylic acids is 1. The first kappa shape index (κ1) is 20.5. The second-order valence-corrected chi connectivity index (χ2v) is 8.10. The molecule has 1 aromatic rings. The summed E-state index contributed by atoms with van der Waals surface area (Å²) in [6.07, 6.45) is 5.84. The molecule has 0 atom stereocenters. The van der Waals surface area contributed by atoms with Gasteiger partial charge >= 0.3 is 0 Å². The van der Waals surface area contributed by atoms with E-state index >= 15 is 0 Å². The highest BCUT2D eigenvalue weighted by atomic mass is 16.5. The van der Waals surface area contributed by atoms with Crippen LogP contribution in [0.1, 0.15) is 51.5 Å². The number of ether oxygens (including phenoxy) is 1. The lowest BCUT2D eigenvalue weighted by atomic mass is 9.96. The zero-order valence-corrected chi connectivity index (χ0v) is 17.4. The van der Waals surface area contributed by atoms with Crippen LogP contribution in [0.2, 0.25) is 0 Å². The lowest BCUT2D eigenvalue weighted by Crippen LogP contribution is -2.50. The molecule has 0 aromatic heterocycles. The number of piperidine rings is 1. The van der Waals surface area contributed by atoms with Crippen molar-refractivity contribution in [2.24, 2.45) is 10.9 Å². The van der Waals surface area contributed by atoms with Crippen LogP contribution in [0.3, 0.4) is 0 Å². The van der Waals surface area contributed by atoms with Gasteiger partial charge in [-0.15, -0.1) is 0 Å². The SMILES string of the molecule is CN=C(NCc1ccccc1OC1CCC1)NC1CCN(C(=O)C(C)C)CC1. The summed E-state index contributed by atoms with van der Waals surface area (Å²) in [6, 6.07) is 8.56. The molecule has 2 fully saturated rings. The standard InChI is InChI=1S/C22H34N4O2/c1-16(2)21(27)26-13-11-18(12-14-26)25-22(23-3)24-15-17-7-4-5-10-20(17)28-19-8-6-9-19/h4-5,7,10,16,18-19H,6,8-9,11-15H2,1-3H3,(H2,23,24,25). The molecule has 1 saturated carbocycles. The first-order chi connectivity index (χ1) is 13.6.